The minimum Gasteiger partial charge on any atom is -0.284 e. The van der Waals surface area contributed by atoms with Crippen LogP contribution >= 0.6 is 0 Å². The average Bonchev–Trinajstić information content (AvgIpc) is 3.13. The third-order valence-corrected chi connectivity index (χ3v) is 6.12. The summed E-state index contributed by atoms with van der Waals surface area (Å²) in [5.41, 5.74) is 4.27. The van der Waals surface area contributed by atoms with Crippen molar-refractivity contribution in [3.8, 4) is 0 Å². The summed E-state index contributed by atoms with van der Waals surface area (Å²) in [5.74, 6) is -0.0356. The molecule has 0 saturated heterocycles. The third kappa shape index (κ3) is 4.90. The van der Waals surface area contributed by atoms with Crippen LogP contribution < -0.4 is 4.72 Å². The molecule has 2 aromatic carbocycles. The van der Waals surface area contributed by atoms with E-state index in [4.69, 9.17) is 5.10 Å². The van der Waals surface area contributed by atoms with Crippen molar-refractivity contribution in [1.29, 1.82) is 0 Å². The highest BCUT2D eigenvalue weighted by Gasteiger charge is 2.36. The lowest BCUT2D eigenvalue weighted by molar-refractivity contribution is -0.137. The largest absolute Gasteiger partial charge is 0.284 e. The second-order valence-electron chi connectivity index (χ2n) is 7.77. The SMILES string of the molecule is CCC(CC)C(=O)N1N=C(c2cccc(NS(C)(=O)=O)c2)C[C@@H]1c1ccccc1C. The van der Waals surface area contributed by atoms with Gasteiger partial charge in [0.25, 0.3) is 0 Å². The van der Waals surface area contributed by atoms with Gasteiger partial charge in [0.05, 0.1) is 18.0 Å². The molecule has 1 atom stereocenters. The van der Waals surface area contributed by atoms with Crippen molar-refractivity contribution in [3.63, 3.8) is 0 Å². The van der Waals surface area contributed by atoms with Gasteiger partial charge in [0.1, 0.15) is 0 Å². The topological polar surface area (TPSA) is 78.8 Å². The van der Waals surface area contributed by atoms with Crippen LogP contribution in [0.3, 0.4) is 0 Å². The number of rotatable bonds is 7. The van der Waals surface area contributed by atoms with Gasteiger partial charge in [0.2, 0.25) is 15.9 Å². The van der Waals surface area contributed by atoms with E-state index < -0.39 is 10.0 Å². The van der Waals surface area contributed by atoms with E-state index in [0.717, 1.165) is 41.5 Å². The number of amides is 1. The second-order valence-corrected chi connectivity index (χ2v) is 9.52. The minimum absolute atomic E-state index is 0.0358. The molecule has 1 amide bonds. The van der Waals surface area contributed by atoms with Gasteiger partial charge in [-0.3, -0.25) is 9.52 Å². The molecule has 7 heteroatoms. The van der Waals surface area contributed by atoms with Crippen LogP contribution in [0, 0.1) is 12.8 Å². The first-order valence-electron chi connectivity index (χ1n) is 10.3. The van der Waals surface area contributed by atoms with E-state index in [9.17, 15) is 13.2 Å². The predicted octanol–water partition coefficient (Wildman–Crippen LogP) is 4.48. The summed E-state index contributed by atoms with van der Waals surface area (Å²) in [6.45, 7) is 6.09. The fourth-order valence-electron chi connectivity index (χ4n) is 3.89. The van der Waals surface area contributed by atoms with Gasteiger partial charge < -0.3 is 0 Å². The zero-order chi connectivity index (χ0) is 21.9. The zero-order valence-corrected chi connectivity index (χ0v) is 18.7. The molecule has 3 rings (SSSR count). The number of hydrazone groups is 1. The molecular formula is C23H29N3O3S. The van der Waals surface area contributed by atoms with Gasteiger partial charge in [-0.2, -0.15) is 5.10 Å². The van der Waals surface area contributed by atoms with Gasteiger partial charge in [-0.1, -0.05) is 50.2 Å². The first-order valence-corrected chi connectivity index (χ1v) is 12.2. The van der Waals surface area contributed by atoms with Gasteiger partial charge in [0.15, 0.2) is 0 Å². The summed E-state index contributed by atoms with van der Waals surface area (Å²) >= 11 is 0. The molecule has 1 N–H and O–H groups in total. The van der Waals surface area contributed by atoms with E-state index in [-0.39, 0.29) is 17.9 Å². The van der Waals surface area contributed by atoms with Gasteiger partial charge in [-0.15, -0.1) is 0 Å². The van der Waals surface area contributed by atoms with Crippen molar-refractivity contribution in [1.82, 2.24) is 5.01 Å². The minimum atomic E-state index is -3.37. The van der Waals surface area contributed by atoms with Crippen molar-refractivity contribution in [2.45, 2.75) is 46.1 Å². The number of aryl methyl sites for hydroxylation is 1. The molecule has 160 valence electrons. The number of benzene rings is 2. The summed E-state index contributed by atoms with van der Waals surface area (Å²) < 4.78 is 25.7. The molecule has 0 unspecified atom stereocenters. The Morgan fingerprint density at radius 2 is 1.87 bits per heavy atom. The molecule has 1 aliphatic rings. The van der Waals surface area contributed by atoms with E-state index in [1.165, 1.54) is 0 Å². The molecule has 0 radical (unpaired) electrons. The Labute approximate surface area is 179 Å². The first-order chi connectivity index (χ1) is 14.2. The quantitative estimate of drug-likeness (QED) is 0.707. The lowest BCUT2D eigenvalue weighted by Gasteiger charge is -2.26. The maximum atomic E-state index is 13.3. The first kappa shape index (κ1) is 22.0. The maximum Gasteiger partial charge on any atom is 0.246 e. The van der Waals surface area contributed by atoms with Crippen LogP contribution in [0.4, 0.5) is 5.69 Å². The maximum absolute atomic E-state index is 13.3. The smallest absolute Gasteiger partial charge is 0.246 e. The van der Waals surface area contributed by atoms with Crippen LogP contribution in [0.25, 0.3) is 0 Å². The number of carbonyl (C=O) groups is 1. The lowest BCUT2D eigenvalue weighted by atomic mass is 9.94. The number of anilines is 1. The molecule has 2 aromatic rings. The third-order valence-electron chi connectivity index (χ3n) is 5.52. The highest BCUT2D eigenvalue weighted by Crippen LogP contribution is 2.36. The van der Waals surface area contributed by atoms with Crippen LogP contribution in [-0.4, -0.2) is 31.3 Å². The van der Waals surface area contributed by atoms with Gasteiger partial charge in [-0.05, 0) is 48.6 Å². The standard InChI is InChI=1S/C23H29N3O3S/c1-5-17(6-2)23(27)26-22(20-13-8-7-10-16(20)3)15-21(24-26)18-11-9-12-19(14-18)25-30(4,28)29/h7-14,17,22,25H,5-6,15H2,1-4H3/t22-/m1/s1. The molecule has 6 nitrogen and oxygen atoms in total. The van der Waals surface area contributed by atoms with Crippen molar-refractivity contribution >= 4 is 27.3 Å². The van der Waals surface area contributed by atoms with Crippen LogP contribution in [0.15, 0.2) is 53.6 Å². The van der Waals surface area contributed by atoms with E-state index in [2.05, 4.69) is 4.72 Å². The van der Waals surface area contributed by atoms with Crippen molar-refractivity contribution in [2.24, 2.45) is 11.0 Å². The van der Waals surface area contributed by atoms with Crippen LogP contribution in [0.1, 0.15) is 55.8 Å². The van der Waals surface area contributed by atoms with Crippen molar-refractivity contribution in [3.05, 3.63) is 65.2 Å². The molecule has 1 heterocycles. The molecule has 0 fully saturated rings. The fourth-order valence-corrected chi connectivity index (χ4v) is 4.45. The Kier molecular flexibility index (Phi) is 6.61. The van der Waals surface area contributed by atoms with Crippen molar-refractivity contribution < 1.29 is 13.2 Å². The predicted molar refractivity (Wildman–Crippen MR) is 121 cm³/mol. The number of sulfonamides is 1. The van der Waals surface area contributed by atoms with Gasteiger partial charge >= 0.3 is 0 Å². The summed E-state index contributed by atoms with van der Waals surface area (Å²) in [4.78, 5) is 13.3. The van der Waals surface area contributed by atoms with Crippen molar-refractivity contribution in [2.75, 3.05) is 11.0 Å². The fraction of sp³-hybridized carbons (Fsp3) is 0.391. The summed E-state index contributed by atoms with van der Waals surface area (Å²) in [6, 6.07) is 15.1. The molecule has 0 spiro atoms. The van der Waals surface area contributed by atoms with Crippen LogP contribution in [0.2, 0.25) is 0 Å². The van der Waals surface area contributed by atoms with E-state index >= 15 is 0 Å². The number of nitrogens with one attached hydrogen (secondary N) is 1. The Morgan fingerprint density at radius 3 is 2.50 bits per heavy atom. The molecule has 0 aliphatic carbocycles. The Balaban J connectivity index is 2.00. The van der Waals surface area contributed by atoms with E-state index in [1.54, 1.807) is 23.2 Å². The Bertz CT molecular complexity index is 1060. The average molecular weight is 428 g/mol. The molecule has 0 aromatic heterocycles. The molecular weight excluding hydrogens is 398 g/mol. The van der Waals surface area contributed by atoms with E-state index in [0.29, 0.717) is 12.1 Å². The van der Waals surface area contributed by atoms with Gasteiger partial charge in [0, 0.05) is 18.0 Å². The Hall–Kier alpha value is -2.67. The highest BCUT2D eigenvalue weighted by atomic mass is 32.2. The molecule has 1 aliphatic heterocycles. The van der Waals surface area contributed by atoms with Crippen LogP contribution in [-0.2, 0) is 14.8 Å². The highest BCUT2D eigenvalue weighted by molar-refractivity contribution is 7.92. The number of hydrogen-bond donors (Lipinski definition) is 1. The van der Waals surface area contributed by atoms with Crippen LogP contribution in [0.5, 0.6) is 0 Å². The number of hydrogen-bond acceptors (Lipinski definition) is 4. The van der Waals surface area contributed by atoms with E-state index in [1.807, 2.05) is 51.1 Å². The molecule has 0 bridgehead atoms. The Morgan fingerprint density at radius 1 is 1.17 bits per heavy atom. The van der Waals surface area contributed by atoms with Gasteiger partial charge in [-0.25, -0.2) is 13.4 Å². The normalized spacial score (nSPS) is 16.6. The molecule has 0 saturated carbocycles. The second kappa shape index (κ2) is 9.00. The molecule has 30 heavy (non-hydrogen) atoms. The number of carbonyl (C=O) groups excluding carboxylic acids is 1. The lowest BCUT2D eigenvalue weighted by Crippen LogP contribution is -2.32. The zero-order valence-electron chi connectivity index (χ0n) is 17.9. The summed E-state index contributed by atoms with van der Waals surface area (Å²) in [7, 11) is -3.37. The summed E-state index contributed by atoms with van der Waals surface area (Å²) in [6.07, 6.45) is 3.24. The monoisotopic (exact) mass is 427 g/mol. The summed E-state index contributed by atoms with van der Waals surface area (Å²) in [5, 5.41) is 6.38. The number of nitrogens with zero attached hydrogens (tertiary/aromatic N) is 2.